The van der Waals surface area contributed by atoms with E-state index < -0.39 is 53.4 Å². The summed E-state index contributed by atoms with van der Waals surface area (Å²) >= 11 is 0. The van der Waals surface area contributed by atoms with Crippen LogP contribution in [0.5, 0.6) is 0 Å². The van der Waals surface area contributed by atoms with Gasteiger partial charge in [-0.15, -0.1) is 0 Å². The highest BCUT2D eigenvalue weighted by atomic mass is 16.3. The number of likely N-dealkylation sites (tertiary alicyclic amines) is 2. The van der Waals surface area contributed by atoms with Crippen molar-refractivity contribution in [2.24, 2.45) is 16.2 Å². The van der Waals surface area contributed by atoms with Crippen LogP contribution in [0, 0.1) is 16.2 Å². The van der Waals surface area contributed by atoms with Crippen LogP contribution in [0.2, 0.25) is 0 Å². The normalized spacial score (nSPS) is 25.8. The molecule has 5 amide bonds. The Bertz CT molecular complexity index is 1210. The van der Waals surface area contributed by atoms with Crippen LogP contribution in [0.1, 0.15) is 132 Å². The Balaban J connectivity index is 1.48. The van der Waals surface area contributed by atoms with Gasteiger partial charge in [0, 0.05) is 31.7 Å². The third kappa shape index (κ3) is 10.4. The summed E-state index contributed by atoms with van der Waals surface area (Å²) in [5.41, 5.74) is -0.759. The molecule has 4 rings (SSSR count). The average Bonchev–Trinajstić information content (AvgIpc) is 3.69. The second-order valence-corrected chi connectivity index (χ2v) is 17.4. The molecule has 0 bridgehead atoms. The van der Waals surface area contributed by atoms with Crippen LogP contribution in [0.25, 0.3) is 0 Å². The van der Waals surface area contributed by atoms with Gasteiger partial charge >= 0.3 is 6.03 Å². The number of carbonyl (C=O) groups excluding carboxylic acids is 5. The van der Waals surface area contributed by atoms with Crippen molar-refractivity contribution in [3.05, 3.63) is 0 Å². The van der Waals surface area contributed by atoms with E-state index in [4.69, 9.17) is 0 Å². The first-order chi connectivity index (χ1) is 22.9. The number of hydrogen-bond acceptors (Lipinski definition) is 7. The van der Waals surface area contributed by atoms with Crippen LogP contribution in [0.4, 0.5) is 4.79 Å². The number of nitrogens with zero attached hydrogens (tertiary/aromatic N) is 2. The monoisotopic (exact) mass is 688 g/mol. The van der Waals surface area contributed by atoms with E-state index in [0.717, 1.165) is 57.9 Å². The molecule has 0 aromatic heterocycles. The molecule has 5 unspecified atom stereocenters. The van der Waals surface area contributed by atoms with E-state index in [-0.39, 0.29) is 28.8 Å². The first kappa shape index (κ1) is 39.1. The van der Waals surface area contributed by atoms with Crippen LogP contribution in [0.15, 0.2) is 0 Å². The van der Waals surface area contributed by atoms with Crippen molar-refractivity contribution >= 4 is 29.5 Å². The summed E-state index contributed by atoms with van der Waals surface area (Å²) in [6, 6.07) is -3.30. The van der Waals surface area contributed by atoms with Crippen molar-refractivity contribution in [1.82, 2.24) is 31.1 Å². The van der Waals surface area contributed by atoms with Gasteiger partial charge in [0.15, 0.2) is 0 Å². The fraction of sp³-hybridized carbons (Fsp3) is 0.865. The van der Waals surface area contributed by atoms with Crippen LogP contribution < -0.4 is 21.3 Å². The van der Waals surface area contributed by atoms with Gasteiger partial charge in [0.1, 0.15) is 18.3 Å². The molecule has 278 valence electrons. The standard InChI is InChI=1S/C37H64N6O6/c1-8-13-25(29(45)32(47)38-24-15-16-24)39-31(46)26-14-12-20-43(26)33(48)30(37(7)17-10-9-11-18-37)41-34(49)40-27(35(2,3)4)23-42-21-19-36(5,6)22-28(42)44/h24-28,30,44H,8-23H2,1-7H3,(H,38,47)(H,39,46)(H2,40,41,49). The summed E-state index contributed by atoms with van der Waals surface area (Å²) in [5.74, 6) is -2.06. The summed E-state index contributed by atoms with van der Waals surface area (Å²) in [6.45, 7) is 16.0. The molecule has 0 spiro atoms. The summed E-state index contributed by atoms with van der Waals surface area (Å²) in [4.78, 5) is 71.2. The Morgan fingerprint density at radius 1 is 0.878 bits per heavy atom. The number of rotatable bonds is 13. The second-order valence-electron chi connectivity index (χ2n) is 17.4. The third-order valence-corrected chi connectivity index (χ3v) is 11.4. The molecular weight excluding hydrogens is 624 g/mol. The fourth-order valence-electron chi connectivity index (χ4n) is 7.75. The highest BCUT2D eigenvalue weighted by molar-refractivity contribution is 6.38. The van der Waals surface area contributed by atoms with Gasteiger partial charge in [0.25, 0.3) is 5.91 Å². The maximum atomic E-state index is 14.5. The van der Waals surface area contributed by atoms with Crippen LogP contribution >= 0.6 is 0 Å². The average molecular weight is 689 g/mol. The lowest BCUT2D eigenvalue weighted by Crippen LogP contribution is -2.63. The molecule has 4 fully saturated rings. The van der Waals surface area contributed by atoms with Gasteiger partial charge < -0.3 is 31.3 Å². The van der Waals surface area contributed by atoms with Crippen molar-refractivity contribution in [1.29, 1.82) is 0 Å². The predicted octanol–water partition coefficient (Wildman–Crippen LogP) is 3.60. The van der Waals surface area contributed by atoms with Gasteiger partial charge in [0.05, 0.1) is 6.04 Å². The topological polar surface area (TPSA) is 160 Å². The van der Waals surface area contributed by atoms with Crippen molar-refractivity contribution in [2.75, 3.05) is 19.6 Å². The Morgan fingerprint density at radius 3 is 2.14 bits per heavy atom. The molecule has 5 N–H and O–H groups in total. The Morgan fingerprint density at radius 2 is 1.55 bits per heavy atom. The number of piperidine rings is 1. The molecule has 0 aromatic rings. The molecule has 12 heteroatoms. The number of aliphatic hydroxyl groups excluding tert-OH is 1. The molecular formula is C37H64N6O6. The van der Waals surface area contributed by atoms with Crippen molar-refractivity contribution in [2.45, 2.75) is 168 Å². The number of nitrogens with one attached hydrogen (secondary N) is 4. The SMILES string of the molecule is CCCC(NC(=O)C1CCCN1C(=O)C(NC(=O)NC(CN1CCC(C)(C)CC1O)C(C)(C)C)C1(C)CCCCC1)C(=O)C(=O)NC1CC1. The zero-order valence-electron chi connectivity index (χ0n) is 31.2. The lowest BCUT2D eigenvalue weighted by Gasteiger charge is -2.45. The predicted molar refractivity (Wildman–Crippen MR) is 188 cm³/mol. The highest BCUT2D eigenvalue weighted by Gasteiger charge is 2.47. The Kier molecular flexibility index (Phi) is 12.8. The molecule has 2 heterocycles. The summed E-state index contributed by atoms with van der Waals surface area (Å²) in [7, 11) is 0. The summed E-state index contributed by atoms with van der Waals surface area (Å²) in [5, 5.41) is 22.7. The van der Waals surface area contributed by atoms with Crippen molar-refractivity contribution in [3.63, 3.8) is 0 Å². The number of aliphatic hydroxyl groups is 1. The lowest BCUT2D eigenvalue weighted by atomic mass is 9.70. The largest absolute Gasteiger partial charge is 0.378 e. The molecule has 4 aliphatic rings. The highest BCUT2D eigenvalue weighted by Crippen LogP contribution is 2.40. The maximum absolute atomic E-state index is 14.5. The van der Waals surface area contributed by atoms with Gasteiger partial charge in [-0.1, -0.05) is 74.1 Å². The van der Waals surface area contributed by atoms with Gasteiger partial charge in [-0.05, 0) is 74.0 Å². The van der Waals surface area contributed by atoms with E-state index in [1.807, 2.05) is 11.8 Å². The van der Waals surface area contributed by atoms with E-state index in [2.05, 4.69) is 62.8 Å². The molecule has 2 saturated carbocycles. The number of hydrogen-bond donors (Lipinski definition) is 5. The zero-order chi connectivity index (χ0) is 36.1. The first-order valence-electron chi connectivity index (χ1n) is 18.9. The van der Waals surface area contributed by atoms with Gasteiger partial charge in [-0.3, -0.25) is 24.1 Å². The minimum Gasteiger partial charge on any atom is -0.378 e. The number of ketones is 1. The lowest BCUT2D eigenvalue weighted by molar-refractivity contribution is -0.144. The quantitative estimate of drug-likeness (QED) is 0.185. The van der Waals surface area contributed by atoms with Crippen molar-refractivity contribution < 1.29 is 29.1 Å². The van der Waals surface area contributed by atoms with Gasteiger partial charge in [0.2, 0.25) is 17.6 Å². The van der Waals surface area contributed by atoms with E-state index in [1.54, 1.807) is 4.90 Å². The van der Waals surface area contributed by atoms with Gasteiger partial charge in [-0.2, -0.15) is 0 Å². The summed E-state index contributed by atoms with van der Waals surface area (Å²) < 4.78 is 0. The van der Waals surface area contributed by atoms with Gasteiger partial charge in [-0.25, -0.2) is 4.79 Å². The molecule has 12 nitrogen and oxygen atoms in total. The Hall–Kier alpha value is -2.73. The van der Waals surface area contributed by atoms with E-state index >= 15 is 0 Å². The number of Topliss-reactive ketones (excluding diaryl/α,β-unsaturated/α-hetero) is 1. The van der Waals surface area contributed by atoms with Crippen LogP contribution in [0.3, 0.4) is 0 Å². The van der Waals surface area contributed by atoms with Crippen molar-refractivity contribution in [3.8, 4) is 0 Å². The van der Waals surface area contributed by atoms with E-state index in [1.165, 1.54) is 0 Å². The smallest absolute Gasteiger partial charge is 0.315 e. The first-order valence-corrected chi connectivity index (χ1v) is 18.9. The number of carbonyl (C=O) groups is 5. The Labute approximate surface area is 293 Å². The van der Waals surface area contributed by atoms with E-state index in [0.29, 0.717) is 45.2 Å². The molecule has 5 atom stereocenters. The minimum atomic E-state index is -0.955. The fourth-order valence-corrected chi connectivity index (χ4v) is 7.75. The number of urea groups is 1. The summed E-state index contributed by atoms with van der Waals surface area (Å²) in [6.07, 6.45) is 9.23. The molecule has 0 aromatic carbocycles. The third-order valence-electron chi connectivity index (χ3n) is 11.4. The zero-order valence-corrected chi connectivity index (χ0v) is 31.2. The van der Waals surface area contributed by atoms with Crippen LogP contribution in [-0.2, 0) is 19.2 Å². The molecule has 2 saturated heterocycles. The minimum absolute atomic E-state index is 0.0302. The molecule has 2 aliphatic carbocycles. The van der Waals surface area contributed by atoms with E-state index in [9.17, 15) is 29.1 Å². The number of amides is 5. The molecule has 2 aliphatic heterocycles. The molecule has 49 heavy (non-hydrogen) atoms. The second kappa shape index (κ2) is 16.1. The van der Waals surface area contributed by atoms with Crippen LogP contribution in [-0.4, -0.2) is 101 Å². The maximum Gasteiger partial charge on any atom is 0.315 e. The molecule has 0 radical (unpaired) electrons.